The molecule has 0 amide bonds. The van der Waals surface area contributed by atoms with E-state index in [-0.39, 0.29) is 0 Å². The third kappa shape index (κ3) is 7.50. The van der Waals surface area contributed by atoms with Gasteiger partial charge in [-0.2, -0.15) is 0 Å². The van der Waals surface area contributed by atoms with Crippen molar-refractivity contribution >= 4 is 0 Å². The second kappa shape index (κ2) is 13.9. The number of hydrogen-bond acceptors (Lipinski definition) is 0. The van der Waals surface area contributed by atoms with Crippen LogP contribution in [-0.2, 0) is 12.8 Å². The van der Waals surface area contributed by atoms with Crippen molar-refractivity contribution in [3.8, 4) is 0 Å². The summed E-state index contributed by atoms with van der Waals surface area (Å²) in [5, 5.41) is 0. The molecule has 0 N–H and O–H groups in total. The summed E-state index contributed by atoms with van der Waals surface area (Å²) >= 11 is 0. The molecule has 0 aliphatic heterocycles. The van der Waals surface area contributed by atoms with E-state index >= 15 is 0 Å². The summed E-state index contributed by atoms with van der Waals surface area (Å²) < 4.78 is 0. The predicted molar refractivity (Wildman–Crippen MR) is 142 cm³/mol. The molecular formula is C32H48. The van der Waals surface area contributed by atoms with Gasteiger partial charge in [-0.25, -0.2) is 0 Å². The largest absolute Gasteiger partial charge is 0.0654 e. The first-order valence-electron chi connectivity index (χ1n) is 13.9. The summed E-state index contributed by atoms with van der Waals surface area (Å²) in [4.78, 5) is 0. The van der Waals surface area contributed by atoms with Crippen molar-refractivity contribution in [2.75, 3.05) is 0 Å². The quantitative estimate of drug-likeness (QED) is 0.245. The highest BCUT2D eigenvalue weighted by Crippen LogP contribution is 2.45. The van der Waals surface area contributed by atoms with Gasteiger partial charge in [0.2, 0.25) is 0 Å². The first-order chi connectivity index (χ1) is 15.7. The van der Waals surface area contributed by atoms with Crippen molar-refractivity contribution < 1.29 is 0 Å². The third-order valence-corrected chi connectivity index (χ3v) is 7.67. The van der Waals surface area contributed by atoms with Gasteiger partial charge in [-0.05, 0) is 65.8 Å². The molecule has 3 rings (SSSR count). The van der Waals surface area contributed by atoms with Crippen LogP contribution in [0.2, 0.25) is 0 Å². The number of rotatable bonds is 15. The molecule has 0 heterocycles. The van der Waals surface area contributed by atoms with E-state index < -0.39 is 0 Å². The molecule has 0 saturated heterocycles. The lowest BCUT2D eigenvalue weighted by Crippen LogP contribution is -1.98. The fourth-order valence-electron chi connectivity index (χ4n) is 5.59. The van der Waals surface area contributed by atoms with E-state index in [0.717, 1.165) is 0 Å². The van der Waals surface area contributed by atoms with Gasteiger partial charge in [-0.15, -0.1) is 0 Å². The van der Waals surface area contributed by atoms with Gasteiger partial charge in [0.25, 0.3) is 0 Å². The zero-order valence-electron chi connectivity index (χ0n) is 21.3. The predicted octanol–water partition coefficient (Wildman–Crippen LogP) is 10.1. The lowest BCUT2D eigenvalue weighted by molar-refractivity contribution is 0.607. The standard InChI is InChI=1S/C32H48/c1-4-6-8-10-12-14-16-27-18-21-29(22-19-27)31-24-26(3)30-23-20-28(25-32(30)31)17-15-13-11-9-7-5-2/h18-23,25-26,31H,4-17,24H2,1-3H3. The summed E-state index contributed by atoms with van der Waals surface area (Å²) in [5.41, 5.74) is 7.81. The second-order valence-corrected chi connectivity index (χ2v) is 10.4. The molecular weight excluding hydrogens is 384 g/mol. The lowest BCUT2D eigenvalue weighted by atomic mass is 9.90. The zero-order chi connectivity index (χ0) is 22.6. The molecule has 0 spiro atoms. The van der Waals surface area contributed by atoms with Gasteiger partial charge in [-0.3, -0.25) is 0 Å². The van der Waals surface area contributed by atoms with Crippen molar-refractivity contribution in [3.63, 3.8) is 0 Å². The molecule has 176 valence electrons. The highest BCUT2D eigenvalue weighted by Gasteiger charge is 2.29. The van der Waals surface area contributed by atoms with E-state index in [9.17, 15) is 0 Å². The number of aryl methyl sites for hydroxylation is 2. The Morgan fingerprint density at radius 1 is 0.594 bits per heavy atom. The number of unbranched alkanes of at least 4 members (excludes halogenated alkanes) is 10. The maximum atomic E-state index is 2.56. The number of hydrogen-bond donors (Lipinski definition) is 0. The summed E-state index contributed by atoms with van der Waals surface area (Å²) in [6.45, 7) is 7.01. The maximum Gasteiger partial charge on any atom is 0.00979 e. The van der Waals surface area contributed by atoms with Crippen molar-refractivity contribution in [1.29, 1.82) is 0 Å². The Balaban J connectivity index is 1.54. The highest BCUT2D eigenvalue weighted by atomic mass is 14.3. The molecule has 0 radical (unpaired) electrons. The van der Waals surface area contributed by atoms with Gasteiger partial charge in [0.15, 0.2) is 0 Å². The van der Waals surface area contributed by atoms with Crippen molar-refractivity contribution in [2.24, 2.45) is 0 Å². The Hall–Kier alpha value is -1.56. The van der Waals surface area contributed by atoms with Crippen molar-refractivity contribution in [3.05, 3.63) is 70.3 Å². The minimum atomic E-state index is 0.590. The monoisotopic (exact) mass is 432 g/mol. The third-order valence-electron chi connectivity index (χ3n) is 7.67. The molecule has 2 aromatic carbocycles. The average molecular weight is 433 g/mol. The Morgan fingerprint density at radius 3 is 1.75 bits per heavy atom. The maximum absolute atomic E-state index is 2.56. The Bertz CT molecular complexity index is 769. The van der Waals surface area contributed by atoms with Gasteiger partial charge in [-0.1, -0.05) is 127 Å². The molecule has 2 unspecified atom stereocenters. The molecule has 0 saturated carbocycles. The van der Waals surface area contributed by atoms with Crippen LogP contribution in [0.4, 0.5) is 0 Å². The molecule has 0 bridgehead atoms. The van der Waals surface area contributed by atoms with Crippen LogP contribution >= 0.6 is 0 Å². The van der Waals surface area contributed by atoms with E-state index in [4.69, 9.17) is 0 Å². The van der Waals surface area contributed by atoms with E-state index in [1.807, 2.05) is 0 Å². The van der Waals surface area contributed by atoms with Crippen LogP contribution < -0.4 is 0 Å². The Morgan fingerprint density at radius 2 is 1.12 bits per heavy atom. The first-order valence-corrected chi connectivity index (χ1v) is 13.9. The van der Waals surface area contributed by atoms with Crippen LogP contribution in [0.25, 0.3) is 0 Å². The molecule has 0 fully saturated rings. The van der Waals surface area contributed by atoms with Crippen LogP contribution in [0.3, 0.4) is 0 Å². The summed E-state index contributed by atoms with van der Waals surface area (Å²) in [7, 11) is 0. The molecule has 2 aromatic rings. The SMILES string of the molecule is CCCCCCCCc1ccc(C2CC(C)c3ccc(CCCCCCCC)cc32)cc1. The topological polar surface area (TPSA) is 0 Å². The van der Waals surface area contributed by atoms with Gasteiger partial charge >= 0.3 is 0 Å². The molecule has 0 nitrogen and oxygen atoms in total. The Labute approximate surface area is 199 Å². The van der Waals surface area contributed by atoms with Crippen LogP contribution in [0, 0.1) is 0 Å². The molecule has 2 atom stereocenters. The molecule has 32 heavy (non-hydrogen) atoms. The van der Waals surface area contributed by atoms with Crippen molar-refractivity contribution in [2.45, 2.75) is 129 Å². The van der Waals surface area contributed by atoms with Gasteiger partial charge in [0, 0.05) is 5.92 Å². The second-order valence-electron chi connectivity index (χ2n) is 10.4. The molecule has 1 aliphatic rings. The highest BCUT2D eigenvalue weighted by molar-refractivity contribution is 5.46. The van der Waals surface area contributed by atoms with Crippen LogP contribution in [0.1, 0.15) is 144 Å². The van der Waals surface area contributed by atoms with E-state index in [2.05, 4.69) is 63.2 Å². The summed E-state index contributed by atoms with van der Waals surface area (Å²) in [6.07, 6.45) is 20.3. The average Bonchev–Trinajstić information content (AvgIpc) is 3.14. The number of benzene rings is 2. The fourth-order valence-corrected chi connectivity index (χ4v) is 5.59. The first kappa shape index (κ1) is 25.1. The minimum Gasteiger partial charge on any atom is -0.0654 e. The molecule has 1 aliphatic carbocycles. The molecule has 0 heteroatoms. The van der Waals surface area contributed by atoms with Crippen LogP contribution in [-0.4, -0.2) is 0 Å². The fraction of sp³-hybridized carbons (Fsp3) is 0.625. The normalized spacial score (nSPS) is 17.6. The lowest BCUT2D eigenvalue weighted by Gasteiger charge is -2.14. The minimum absolute atomic E-state index is 0.590. The van der Waals surface area contributed by atoms with Crippen LogP contribution in [0.5, 0.6) is 0 Å². The van der Waals surface area contributed by atoms with E-state index in [1.54, 1.807) is 16.7 Å². The van der Waals surface area contributed by atoms with Gasteiger partial charge < -0.3 is 0 Å². The van der Waals surface area contributed by atoms with Crippen LogP contribution in [0.15, 0.2) is 42.5 Å². The number of fused-ring (bicyclic) bond motifs is 1. The summed E-state index contributed by atoms with van der Waals surface area (Å²) in [5.74, 6) is 1.27. The zero-order valence-corrected chi connectivity index (χ0v) is 21.3. The smallest absolute Gasteiger partial charge is 0.00979 e. The van der Waals surface area contributed by atoms with E-state index in [0.29, 0.717) is 11.8 Å². The summed E-state index contributed by atoms with van der Waals surface area (Å²) in [6, 6.07) is 17.1. The van der Waals surface area contributed by atoms with Gasteiger partial charge in [0.1, 0.15) is 0 Å². The molecule has 0 aromatic heterocycles. The Kier molecular flexibility index (Phi) is 10.9. The van der Waals surface area contributed by atoms with Crippen molar-refractivity contribution in [1.82, 2.24) is 0 Å². The van der Waals surface area contributed by atoms with Gasteiger partial charge in [0.05, 0.1) is 0 Å². The van der Waals surface area contributed by atoms with E-state index in [1.165, 1.54) is 107 Å².